The van der Waals surface area contributed by atoms with Gasteiger partial charge in [-0.3, -0.25) is 9.69 Å². The molecule has 0 N–H and O–H groups in total. The topological polar surface area (TPSA) is 20.3 Å². The average Bonchev–Trinajstić information content (AvgIpc) is 2.38. The Morgan fingerprint density at radius 2 is 1.67 bits per heavy atom. The molecule has 0 unspecified atom stereocenters. The van der Waals surface area contributed by atoms with Gasteiger partial charge < -0.3 is 0 Å². The van der Waals surface area contributed by atoms with Crippen LogP contribution in [0.1, 0.15) is 24.2 Å². The van der Waals surface area contributed by atoms with Crippen LogP contribution in [0.4, 0.5) is 0 Å². The van der Waals surface area contributed by atoms with E-state index in [1.165, 1.54) is 0 Å². The van der Waals surface area contributed by atoms with Crippen LogP contribution in [-0.2, 0) is 0 Å². The Morgan fingerprint density at radius 3 is 2.11 bits per heavy atom. The summed E-state index contributed by atoms with van der Waals surface area (Å²) >= 11 is 0. The van der Waals surface area contributed by atoms with E-state index < -0.39 is 5.54 Å². The van der Waals surface area contributed by atoms with Gasteiger partial charge in [-0.25, -0.2) is 0 Å². The predicted octanol–water partition coefficient (Wildman–Crippen LogP) is 3.32. The molecule has 0 saturated heterocycles. The molecule has 0 radical (unpaired) electrons. The molecule has 2 heteroatoms. The molecule has 0 aliphatic heterocycles. The summed E-state index contributed by atoms with van der Waals surface area (Å²) in [5, 5.41) is 0. The molecule has 0 aliphatic rings. The van der Waals surface area contributed by atoms with E-state index >= 15 is 0 Å². The number of hydrogen-bond donors (Lipinski definition) is 0. The van der Waals surface area contributed by atoms with E-state index in [0.29, 0.717) is 13.1 Å². The SMILES string of the molecule is C=CCN(CC=C)C(C)(C)C(=O)c1ccccc1. The van der Waals surface area contributed by atoms with Gasteiger partial charge >= 0.3 is 0 Å². The molecule has 0 amide bonds. The summed E-state index contributed by atoms with van der Waals surface area (Å²) in [5.41, 5.74) is 0.171. The molecular weight excluding hydrogens is 222 g/mol. The first kappa shape index (κ1) is 14.4. The highest BCUT2D eigenvalue weighted by Gasteiger charge is 2.33. The van der Waals surface area contributed by atoms with Crippen molar-refractivity contribution in [1.29, 1.82) is 0 Å². The maximum absolute atomic E-state index is 12.5. The highest BCUT2D eigenvalue weighted by Crippen LogP contribution is 2.20. The molecule has 0 spiro atoms. The van der Waals surface area contributed by atoms with Crippen molar-refractivity contribution < 1.29 is 4.79 Å². The number of carbonyl (C=O) groups excluding carboxylic acids is 1. The van der Waals surface area contributed by atoms with Gasteiger partial charge in [0.1, 0.15) is 0 Å². The number of benzene rings is 1. The van der Waals surface area contributed by atoms with Crippen molar-refractivity contribution in [2.45, 2.75) is 19.4 Å². The summed E-state index contributed by atoms with van der Waals surface area (Å²) in [7, 11) is 0. The molecule has 0 atom stereocenters. The van der Waals surface area contributed by atoms with Gasteiger partial charge in [-0.1, -0.05) is 42.5 Å². The fourth-order valence-electron chi connectivity index (χ4n) is 1.93. The fraction of sp³-hybridized carbons (Fsp3) is 0.312. The van der Waals surface area contributed by atoms with Crippen molar-refractivity contribution in [2.75, 3.05) is 13.1 Å². The minimum atomic E-state index is -0.566. The largest absolute Gasteiger partial charge is 0.292 e. The Balaban J connectivity index is 2.99. The molecule has 18 heavy (non-hydrogen) atoms. The van der Waals surface area contributed by atoms with Crippen molar-refractivity contribution in [1.82, 2.24) is 4.90 Å². The number of Topliss-reactive ketones (excluding diaryl/α,β-unsaturated/α-hetero) is 1. The van der Waals surface area contributed by atoms with Crippen LogP contribution in [-0.4, -0.2) is 29.3 Å². The highest BCUT2D eigenvalue weighted by molar-refractivity contribution is 6.02. The molecule has 1 aromatic carbocycles. The van der Waals surface area contributed by atoms with Crippen molar-refractivity contribution in [3.05, 3.63) is 61.2 Å². The monoisotopic (exact) mass is 243 g/mol. The van der Waals surface area contributed by atoms with E-state index in [1.54, 1.807) is 0 Å². The van der Waals surface area contributed by atoms with Gasteiger partial charge in [-0.05, 0) is 13.8 Å². The van der Waals surface area contributed by atoms with Crippen LogP contribution in [0.5, 0.6) is 0 Å². The van der Waals surface area contributed by atoms with Crippen molar-refractivity contribution >= 4 is 5.78 Å². The highest BCUT2D eigenvalue weighted by atomic mass is 16.1. The average molecular weight is 243 g/mol. The molecule has 1 rings (SSSR count). The number of rotatable bonds is 7. The molecule has 1 aromatic rings. The Kier molecular flexibility index (Phi) is 5.05. The molecule has 0 bridgehead atoms. The smallest absolute Gasteiger partial charge is 0.182 e. The quantitative estimate of drug-likeness (QED) is 0.541. The predicted molar refractivity (Wildman–Crippen MR) is 76.8 cm³/mol. The molecule has 0 heterocycles. The molecule has 2 nitrogen and oxygen atoms in total. The Bertz CT molecular complexity index is 410. The Labute approximate surface area is 110 Å². The molecule has 0 aliphatic carbocycles. The van der Waals surface area contributed by atoms with Gasteiger partial charge in [-0.15, -0.1) is 13.2 Å². The summed E-state index contributed by atoms with van der Waals surface area (Å²) in [5.74, 6) is 0.117. The second-order valence-electron chi connectivity index (χ2n) is 4.74. The van der Waals surface area contributed by atoms with E-state index in [4.69, 9.17) is 0 Å². The standard InChI is InChI=1S/C16H21NO/c1-5-12-17(13-6-2)16(3,4)15(18)14-10-8-7-9-11-14/h5-11H,1-2,12-13H2,3-4H3. The van der Waals surface area contributed by atoms with Crippen LogP contribution in [0, 0.1) is 0 Å². The third-order valence-electron chi connectivity index (χ3n) is 3.08. The minimum absolute atomic E-state index is 0.117. The van der Waals surface area contributed by atoms with Crippen LogP contribution in [0.15, 0.2) is 55.6 Å². The van der Waals surface area contributed by atoms with Crippen molar-refractivity contribution in [2.24, 2.45) is 0 Å². The van der Waals surface area contributed by atoms with Crippen LogP contribution in [0.25, 0.3) is 0 Å². The second-order valence-corrected chi connectivity index (χ2v) is 4.74. The maximum Gasteiger partial charge on any atom is 0.182 e. The number of ketones is 1. The lowest BCUT2D eigenvalue weighted by molar-refractivity contribution is 0.0700. The van der Waals surface area contributed by atoms with E-state index in [1.807, 2.05) is 56.3 Å². The van der Waals surface area contributed by atoms with Crippen LogP contribution >= 0.6 is 0 Å². The molecule has 0 saturated carbocycles. The number of carbonyl (C=O) groups is 1. The molecule has 0 aromatic heterocycles. The maximum atomic E-state index is 12.5. The van der Waals surface area contributed by atoms with Gasteiger partial charge in [0.25, 0.3) is 0 Å². The lowest BCUT2D eigenvalue weighted by Gasteiger charge is -2.36. The van der Waals surface area contributed by atoms with Crippen molar-refractivity contribution in [3.8, 4) is 0 Å². The zero-order valence-electron chi connectivity index (χ0n) is 11.2. The van der Waals surface area contributed by atoms with Crippen molar-refractivity contribution in [3.63, 3.8) is 0 Å². The zero-order valence-corrected chi connectivity index (χ0v) is 11.2. The third kappa shape index (κ3) is 3.17. The third-order valence-corrected chi connectivity index (χ3v) is 3.08. The summed E-state index contributed by atoms with van der Waals surface area (Å²) in [4.78, 5) is 14.6. The fourth-order valence-corrected chi connectivity index (χ4v) is 1.93. The lowest BCUT2D eigenvalue weighted by Crippen LogP contribution is -2.50. The molecule has 96 valence electrons. The summed E-state index contributed by atoms with van der Waals surface area (Å²) in [6, 6.07) is 9.38. The minimum Gasteiger partial charge on any atom is -0.292 e. The van der Waals surface area contributed by atoms with Crippen LogP contribution < -0.4 is 0 Å². The van der Waals surface area contributed by atoms with E-state index in [0.717, 1.165) is 5.56 Å². The lowest BCUT2D eigenvalue weighted by atomic mass is 9.91. The van der Waals surface area contributed by atoms with Gasteiger partial charge in [0.15, 0.2) is 5.78 Å². The van der Waals surface area contributed by atoms with E-state index in [9.17, 15) is 4.79 Å². The van der Waals surface area contributed by atoms with Gasteiger partial charge in [0.05, 0.1) is 5.54 Å². The zero-order chi connectivity index (χ0) is 13.6. The molecular formula is C16H21NO. The van der Waals surface area contributed by atoms with Gasteiger partial charge in [0.2, 0.25) is 0 Å². The van der Waals surface area contributed by atoms with E-state index in [2.05, 4.69) is 18.1 Å². The number of nitrogens with zero attached hydrogens (tertiary/aromatic N) is 1. The first-order chi connectivity index (χ1) is 8.54. The van der Waals surface area contributed by atoms with Crippen LogP contribution in [0.2, 0.25) is 0 Å². The Hall–Kier alpha value is -1.67. The second kappa shape index (κ2) is 6.31. The van der Waals surface area contributed by atoms with Gasteiger partial charge in [0, 0.05) is 18.7 Å². The first-order valence-electron chi connectivity index (χ1n) is 6.10. The summed E-state index contributed by atoms with van der Waals surface area (Å²) in [6.45, 7) is 12.7. The van der Waals surface area contributed by atoms with Gasteiger partial charge in [-0.2, -0.15) is 0 Å². The number of hydrogen-bond acceptors (Lipinski definition) is 2. The normalized spacial score (nSPS) is 11.3. The van der Waals surface area contributed by atoms with E-state index in [-0.39, 0.29) is 5.78 Å². The first-order valence-corrected chi connectivity index (χ1v) is 6.10. The molecule has 0 fully saturated rings. The summed E-state index contributed by atoms with van der Waals surface area (Å²) < 4.78 is 0. The van der Waals surface area contributed by atoms with Crippen LogP contribution in [0.3, 0.4) is 0 Å². The summed E-state index contributed by atoms with van der Waals surface area (Å²) in [6.07, 6.45) is 3.62. The Morgan fingerprint density at radius 1 is 1.17 bits per heavy atom.